The molecule has 1 unspecified atom stereocenters. The fourth-order valence-electron chi connectivity index (χ4n) is 6.86. The Balaban J connectivity index is 1.14. The van der Waals surface area contributed by atoms with Gasteiger partial charge in [-0.3, -0.25) is 10.1 Å². The van der Waals surface area contributed by atoms with Gasteiger partial charge in [-0.1, -0.05) is 60.7 Å². The van der Waals surface area contributed by atoms with Gasteiger partial charge in [-0.05, 0) is 93.5 Å². The van der Waals surface area contributed by atoms with E-state index in [1.807, 2.05) is 54.6 Å². The minimum Gasteiger partial charge on any atom is -0.450 e. The summed E-state index contributed by atoms with van der Waals surface area (Å²) in [6.45, 7) is 9.11. The Labute approximate surface area is 287 Å². The standard InChI is InChI=1S/C39H43N5O5/c1-5-48-36(46)43-33-24-39(30-14-10-9-13-29(30)33)19-21-44(22-20-39)34-18-16-28(25-40-34)35(45)41-32-23-27(26-11-7-6-8-12-26)15-17-31(32)42-37(47)49-38(2,3)4/h6-18,23,25,33H,5,19-22,24H2,1-4H3,(H,41,45)(H,42,47)(H,43,46). The summed E-state index contributed by atoms with van der Waals surface area (Å²) in [6.07, 6.45) is 3.25. The highest BCUT2D eigenvalue weighted by atomic mass is 16.6. The van der Waals surface area contributed by atoms with Gasteiger partial charge in [0, 0.05) is 24.7 Å². The number of hydrogen-bond acceptors (Lipinski definition) is 7. The number of piperidine rings is 1. The number of rotatable bonds is 7. The van der Waals surface area contributed by atoms with E-state index in [-0.39, 0.29) is 23.5 Å². The summed E-state index contributed by atoms with van der Waals surface area (Å²) in [5, 5.41) is 8.81. The van der Waals surface area contributed by atoms with Crippen molar-refractivity contribution in [2.75, 3.05) is 35.2 Å². The van der Waals surface area contributed by atoms with Crippen molar-refractivity contribution in [2.45, 2.75) is 64.0 Å². The van der Waals surface area contributed by atoms with Gasteiger partial charge in [-0.15, -0.1) is 0 Å². The molecule has 1 atom stereocenters. The maximum atomic E-state index is 13.5. The topological polar surface area (TPSA) is 122 Å². The highest BCUT2D eigenvalue weighted by Crippen LogP contribution is 2.51. The number of anilines is 3. The molecule has 0 bridgehead atoms. The second-order valence-corrected chi connectivity index (χ2v) is 13.6. The molecule has 6 rings (SSSR count). The van der Waals surface area contributed by atoms with E-state index in [9.17, 15) is 14.4 Å². The second-order valence-electron chi connectivity index (χ2n) is 13.6. The number of nitrogens with zero attached hydrogens (tertiary/aromatic N) is 2. The van der Waals surface area contributed by atoms with Crippen LogP contribution in [0.2, 0.25) is 0 Å². The molecule has 49 heavy (non-hydrogen) atoms. The predicted molar refractivity (Wildman–Crippen MR) is 191 cm³/mol. The van der Waals surface area contributed by atoms with Gasteiger partial charge >= 0.3 is 12.2 Å². The van der Waals surface area contributed by atoms with Crippen molar-refractivity contribution in [2.24, 2.45) is 0 Å². The van der Waals surface area contributed by atoms with Crippen LogP contribution in [0.25, 0.3) is 11.1 Å². The van der Waals surface area contributed by atoms with E-state index >= 15 is 0 Å². The summed E-state index contributed by atoms with van der Waals surface area (Å²) >= 11 is 0. The van der Waals surface area contributed by atoms with Crippen LogP contribution in [0.4, 0.5) is 26.8 Å². The van der Waals surface area contributed by atoms with Crippen LogP contribution in [-0.4, -0.2) is 48.4 Å². The lowest BCUT2D eigenvalue weighted by molar-refractivity contribution is 0.0635. The van der Waals surface area contributed by atoms with Crippen LogP contribution in [0.5, 0.6) is 0 Å². The van der Waals surface area contributed by atoms with Gasteiger partial charge in [0.1, 0.15) is 11.4 Å². The Hall–Kier alpha value is -5.38. The fraction of sp³-hybridized carbons (Fsp3) is 0.333. The Morgan fingerprint density at radius 3 is 2.29 bits per heavy atom. The smallest absolute Gasteiger partial charge is 0.412 e. The predicted octanol–water partition coefficient (Wildman–Crippen LogP) is 8.08. The normalized spacial score (nSPS) is 16.4. The third-order valence-corrected chi connectivity index (χ3v) is 9.14. The van der Waals surface area contributed by atoms with Crippen molar-refractivity contribution >= 4 is 35.3 Å². The summed E-state index contributed by atoms with van der Waals surface area (Å²) in [5.41, 5.74) is 4.87. The zero-order chi connectivity index (χ0) is 34.6. The lowest BCUT2D eigenvalue weighted by atomic mass is 9.73. The quantitative estimate of drug-likeness (QED) is 0.183. The maximum absolute atomic E-state index is 13.5. The molecule has 10 heteroatoms. The van der Waals surface area contributed by atoms with Gasteiger partial charge in [0.2, 0.25) is 0 Å². The van der Waals surface area contributed by atoms with Crippen LogP contribution < -0.4 is 20.9 Å². The molecule has 1 aliphatic carbocycles. The molecule has 1 aromatic heterocycles. The summed E-state index contributed by atoms with van der Waals surface area (Å²) in [4.78, 5) is 45.3. The molecule has 10 nitrogen and oxygen atoms in total. The minimum absolute atomic E-state index is 0.0313. The number of alkyl carbamates (subject to hydrolysis) is 1. The minimum atomic E-state index is -0.675. The number of nitrogens with one attached hydrogen (secondary N) is 3. The molecular formula is C39H43N5O5. The lowest BCUT2D eigenvalue weighted by Crippen LogP contribution is -2.42. The molecule has 254 valence electrons. The van der Waals surface area contributed by atoms with Gasteiger partial charge in [-0.25, -0.2) is 14.6 Å². The maximum Gasteiger partial charge on any atom is 0.412 e. The molecule has 1 fully saturated rings. The van der Waals surface area contributed by atoms with E-state index < -0.39 is 11.7 Å². The van der Waals surface area contributed by atoms with E-state index in [0.717, 1.165) is 54.9 Å². The van der Waals surface area contributed by atoms with E-state index in [2.05, 4.69) is 44.0 Å². The van der Waals surface area contributed by atoms with Crippen molar-refractivity contribution in [1.29, 1.82) is 0 Å². The molecule has 2 aliphatic rings. The fourth-order valence-corrected chi connectivity index (χ4v) is 6.86. The number of carbonyl (C=O) groups excluding carboxylic acids is 3. The number of benzene rings is 3. The molecule has 0 saturated carbocycles. The zero-order valence-corrected chi connectivity index (χ0v) is 28.4. The first-order valence-electron chi connectivity index (χ1n) is 16.8. The molecule has 2 heterocycles. The Morgan fingerprint density at radius 2 is 1.59 bits per heavy atom. The second kappa shape index (κ2) is 14.0. The molecule has 1 saturated heterocycles. The molecule has 3 amide bonds. The molecule has 3 N–H and O–H groups in total. The van der Waals surface area contributed by atoms with Crippen molar-refractivity contribution in [1.82, 2.24) is 10.3 Å². The molecule has 4 aromatic rings. The molecular weight excluding hydrogens is 618 g/mol. The van der Waals surface area contributed by atoms with Gasteiger partial charge in [-0.2, -0.15) is 0 Å². The van der Waals surface area contributed by atoms with Crippen LogP contribution in [0.3, 0.4) is 0 Å². The van der Waals surface area contributed by atoms with Crippen molar-refractivity contribution in [3.63, 3.8) is 0 Å². The molecule has 1 spiro atoms. The first-order chi connectivity index (χ1) is 23.5. The molecule has 0 radical (unpaired) electrons. The van der Waals surface area contributed by atoms with E-state index in [0.29, 0.717) is 23.5 Å². The van der Waals surface area contributed by atoms with E-state index in [1.54, 1.807) is 46.0 Å². The highest BCUT2D eigenvalue weighted by molar-refractivity contribution is 6.07. The zero-order valence-electron chi connectivity index (χ0n) is 28.4. The Kier molecular flexibility index (Phi) is 9.58. The van der Waals surface area contributed by atoms with Crippen molar-refractivity contribution < 1.29 is 23.9 Å². The SMILES string of the molecule is CCOC(=O)NC1CC2(CCN(c3ccc(C(=O)Nc4cc(-c5ccccc5)ccc4NC(=O)OC(C)(C)C)cn3)CC2)c2ccccc21. The molecule has 1 aliphatic heterocycles. The number of hydrogen-bond donors (Lipinski definition) is 3. The average molecular weight is 662 g/mol. The highest BCUT2D eigenvalue weighted by Gasteiger charge is 2.46. The number of amides is 3. The summed E-state index contributed by atoms with van der Waals surface area (Å²) in [7, 11) is 0. The third kappa shape index (κ3) is 7.69. The van der Waals surface area contributed by atoms with Gasteiger partial charge in [0.25, 0.3) is 5.91 Å². The number of ether oxygens (including phenoxy) is 2. The number of aromatic nitrogens is 1. The third-order valence-electron chi connectivity index (χ3n) is 9.14. The van der Waals surface area contributed by atoms with E-state index in [4.69, 9.17) is 9.47 Å². The van der Waals surface area contributed by atoms with Gasteiger partial charge in [0.05, 0.1) is 29.6 Å². The van der Waals surface area contributed by atoms with Crippen LogP contribution in [-0.2, 0) is 14.9 Å². The molecule has 3 aromatic carbocycles. The van der Waals surface area contributed by atoms with E-state index in [1.165, 1.54) is 5.56 Å². The lowest BCUT2D eigenvalue weighted by Gasteiger charge is -2.41. The first-order valence-corrected chi connectivity index (χ1v) is 16.8. The van der Waals surface area contributed by atoms with Crippen LogP contribution >= 0.6 is 0 Å². The van der Waals surface area contributed by atoms with Crippen LogP contribution in [0.1, 0.15) is 74.5 Å². The largest absolute Gasteiger partial charge is 0.450 e. The summed E-state index contributed by atoms with van der Waals surface area (Å²) < 4.78 is 10.6. The van der Waals surface area contributed by atoms with Crippen molar-refractivity contribution in [3.8, 4) is 11.1 Å². The van der Waals surface area contributed by atoms with Crippen LogP contribution in [0.15, 0.2) is 91.1 Å². The Morgan fingerprint density at radius 1 is 0.857 bits per heavy atom. The Bertz CT molecular complexity index is 1810. The van der Waals surface area contributed by atoms with Crippen molar-refractivity contribution in [3.05, 3.63) is 108 Å². The summed E-state index contributed by atoms with van der Waals surface area (Å²) in [6, 6.07) is 27.2. The average Bonchev–Trinajstić information content (AvgIpc) is 3.37. The number of fused-ring (bicyclic) bond motifs is 2. The number of pyridine rings is 1. The van der Waals surface area contributed by atoms with Crippen LogP contribution in [0, 0.1) is 0 Å². The van der Waals surface area contributed by atoms with Gasteiger partial charge < -0.3 is 25.0 Å². The number of carbonyl (C=O) groups is 3. The summed E-state index contributed by atoms with van der Waals surface area (Å²) in [5.74, 6) is 0.453. The van der Waals surface area contributed by atoms with Gasteiger partial charge in [0.15, 0.2) is 0 Å². The first kappa shape index (κ1) is 33.5. The monoisotopic (exact) mass is 661 g/mol.